The minimum Gasteiger partial charge on any atom is -0.383 e. The van der Waals surface area contributed by atoms with Crippen molar-refractivity contribution in [1.82, 2.24) is 24.9 Å². The summed E-state index contributed by atoms with van der Waals surface area (Å²) in [7, 11) is 7.62. The molecule has 0 saturated carbocycles. The number of nitrogens with zero attached hydrogens (tertiary/aromatic N) is 5. The normalized spacial score (nSPS) is 18.8. The number of hydrogen-bond acceptors (Lipinski definition) is 5. The zero-order valence-corrected chi connectivity index (χ0v) is 15.9. The van der Waals surface area contributed by atoms with Crippen LogP contribution < -0.4 is 5.32 Å². The maximum Gasteiger partial charge on any atom is 0.193 e. The van der Waals surface area contributed by atoms with Gasteiger partial charge in [-0.1, -0.05) is 0 Å². The second kappa shape index (κ2) is 10.4. The summed E-state index contributed by atoms with van der Waals surface area (Å²) in [4.78, 5) is 8.97. The van der Waals surface area contributed by atoms with Crippen molar-refractivity contribution in [3.8, 4) is 0 Å². The second-order valence-corrected chi connectivity index (χ2v) is 6.38. The van der Waals surface area contributed by atoms with Crippen molar-refractivity contribution in [3.63, 3.8) is 0 Å². The molecule has 1 aliphatic heterocycles. The van der Waals surface area contributed by atoms with Gasteiger partial charge in [-0.05, 0) is 20.0 Å². The molecule has 142 valence electrons. The zero-order valence-electron chi connectivity index (χ0n) is 15.9. The summed E-state index contributed by atoms with van der Waals surface area (Å²) < 4.78 is 12.8. The number of guanidine groups is 1. The van der Waals surface area contributed by atoms with Crippen molar-refractivity contribution in [2.45, 2.75) is 12.5 Å². The van der Waals surface area contributed by atoms with Crippen molar-refractivity contribution < 1.29 is 9.47 Å². The van der Waals surface area contributed by atoms with Gasteiger partial charge in [0.05, 0.1) is 26.0 Å². The Morgan fingerprint density at radius 1 is 1.52 bits per heavy atom. The first-order chi connectivity index (χ1) is 12.1. The number of hydrogen-bond donors (Lipinski definition) is 1. The molecule has 1 fully saturated rings. The lowest BCUT2D eigenvalue weighted by Crippen LogP contribution is -2.48. The molecule has 2 rings (SSSR count). The number of likely N-dealkylation sites (N-methyl/N-ethyl adjacent to an activating group) is 1. The summed E-state index contributed by atoms with van der Waals surface area (Å²) in [6.45, 7) is 6.01. The fourth-order valence-corrected chi connectivity index (χ4v) is 2.89. The molecule has 1 aromatic rings. The summed E-state index contributed by atoms with van der Waals surface area (Å²) in [6, 6.07) is 0. The Labute approximate surface area is 150 Å². The lowest BCUT2D eigenvalue weighted by molar-refractivity contribution is -0.00802. The lowest BCUT2D eigenvalue weighted by Gasteiger charge is -2.34. The van der Waals surface area contributed by atoms with Gasteiger partial charge in [0.15, 0.2) is 5.96 Å². The van der Waals surface area contributed by atoms with E-state index < -0.39 is 0 Å². The fourth-order valence-electron chi connectivity index (χ4n) is 2.89. The third-order valence-electron chi connectivity index (χ3n) is 4.35. The molecular weight excluding hydrogens is 320 g/mol. The van der Waals surface area contributed by atoms with Gasteiger partial charge >= 0.3 is 0 Å². The first kappa shape index (κ1) is 19.7. The predicted molar refractivity (Wildman–Crippen MR) is 98.8 cm³/mol. The molecule has 0 bridgehead atoms. The van der Waals surface area contributed by atoms with E-state index in [4.69, 9.17) is 9.47 Å². The van der Waals surface area contributed by atoms with Gasteiger partial charge in [0.25, 0.3) is 0 Å². The molecule has 0 aromatic carbocycles. The van der Waals surface area contributed by atoms with Gasteiger partial charge in [-0.25, -0.2) is 0 Å². The van der Waals surface area contributed by atoms with Crippen molar-refractivity contribution in [2.75, 3.05) is 67.1 Å². The van der Waals surface area contributed by atoms with Gasteiger partial charge < -0.3 is 24.6 Å². The third kappa shape index (κ3) is 6.30. The maximum atomic E-state index is 5.90. The van der Waals surface area contributed by atoms with E-state index in [9.17, 15) is 0 Å². The van der Waals surface area contributed by atoms with Crippen LogP contribution in [0.4, 0.5) is 0 Å². The number of rotatable bonds is 8. The van der Waals surface area contributed by atoms with Crippen molar-refractivity contribution in [3.05, 3.63) is 18.0 Å². The molecular formula is C17H32N6O2. The highest BCUT2D eigenvalue weighted by molar-refractivity contribution is 5.80. The van der Waals surface area contributed by atoms with Gasteiger partial charge in [0, 0.05) is 52.6 Å². The van der Waals surface area contributed by atoms with E-state index in [-0.39, 0.29) is 6.10 Å². The maximum absolute atomic E-state index is 5.90. The Kier molecular flexibility index (Phi) is 8.17. The molecule has 0 amide bonds. The van der Waals surface area contributed by atoms with Crippen molar-refractivity contribution in [1.29, 1.82) is 0 Å². The molecule has 0 aliphatic carbocycles. The lowest BCUT2D eigenvalue weighted by atomic mass is 10.1. The minimum absolute atomic E-state index is 0.0428. The first-order valence-corrected chi connectivity index (χ1v) is 8.87. The number of aliphatic imine (C=N–C) groups is 1. The van der Waals surface area contributed by atoms with Gasteiger partial charge in [-0.15, -0.1) is 0 Å². The predicted octanol–water partition coefficient (Wildman–Crippen LogP) is 0.337. The molecule has 0 spiro atoms. The van der Waals surface area contributed by atoms with Crippen LogP contribution in [0.2, 0.25) is 0 Å². The minimum atomic E-state index is 0.0428. The van der Waals surface area contributed by atoms with Crippen molar-refractivity contribution in [2.24, 2.45) is 12.0 Å². The van der Waals surface area contributed by atoms with Crippen LogP contribution in [0.25, 0.3) is 0 Å². The van der Waals surface area contributed by atoms with Crippen LogP contribution in [0, 0.1) is 0 Å². The number of nitrogens with one attached hydrogen (secondary N) is 1. The average molecular weight is 352 g/mol. The highest BCUT2D eigenvalue weighted by Crippen LogP contribution is 2.21. The quantitative estimate of drug-likeness (QED) is 0.413. The largest absolute Gasteiger partial charge is 0.383 e. The van der Waals surface area contributed by atoms with E-state index in [2.05, 4.69) is 32.3 Å². The molecule has 1 saturated heterocycles. The molecule has 0 radical (unpaired) electrons. The summed E-state index contributed by atoms with van der Waals surface area (Å²) in [5, 5.41) is 7.71. The first-order valence-electron chi connectivity index (χ1n) is 8.87. The summed E-state index contributed by atoms with van der Waals surface area (Å²) in [6.07, 6.45) is 5.00. The number of methoxy groups -OCH3 is 1. The molecule has 1 aliphatic rings. The summed E-state index contributed by atoms with van der Waals surface area (Å²) in [5.41, 5.74) is 1.11. The van der Waals surface area contributed by atoms with Crippen LogP contribution in [-0.4, -0.2) is 92.7 Å². The number of aryl methyl sites for hydroxylation is 1. The Morgan fingerprint density at radius 3 is 3.04 bits per heavy atom. The SMILES string of the molecule is CN=C(NCCCN(C)CCOC)N1CCOC(c2cnn(C)c2)C1. The molecule has 25 heavy (non-hydrogen) atoms. The monoisotopic (exact) mass is 352 g/mol. The Balaban J connectivity index is 1.76. The summed E-state index contributed by atoms with van der Waals surface area (Å²) >= 11 is 0. The molecule has 1 unspecified atom stereocenters. The molecule has 1 atom stereocenters. The van der Waals surface area contributed by atoms with Crippen LogP contribution >= 0.6 is 0 Å². The number of morpholine rings is 1. The van der Waals surface area contributed by atoms with Crippen molar-refractivity contribution >= 4 is 5.96 Å². The van der Waals surface area contributed by atoms with E-state index in [1.807, 2.05) is 31.2 Å². The topological polar surface area (TPSA) is 67.2 Å². The van der Waals surface area contributed by atoms with Gasteiger partial charge in [0.2, 0.25) is 0 Å². The fraction of sp³-hybridized carbons (Fsp3) is 0.765. The zero-order chi connectivity index (χ0) is 18.1. The van der Waals surface area contributed by atoms with Gasteiger partial charge in [-0.3, -0.25) is 9.67 Å². The van der Waals surface area contributed by atoms with Crippen LogP contribution in [0.15, 0.2) is 17.4 Å². The average Bonchev–Trinajstić information content (AvgIpc) is 3.06. The molecule has 1 aromatic heterocycles. The molecule has 2 heterocycles. The van der Waals surface area contributed by atoms with Gasteiger partial charge in [0.1, 0.15) is 6.10 Å². The second-order valence-electron chi connectivity index (χ2n) is 6.38. The summed E-state index contributed by atoms with van der Waals surface area (Å²) in [5.74, 6) is 0.941. The third-order valence-corrected chi connectivity index (χ3v) is 4.35. The van der Waals surface area contributed by atoms with E-state index in [0.717, 1.165) is 57.3 Å². The Morgan fingerprint density at radius 2 is 2.36 bits per heavy atom. The Hall–Kier alpha value is -1.64. The smallest absolute Gasteiger partial charge is 0.193 e. The molecule has 1 N–H and O–H groups in total. The van der Waals surface area contributed by atoms with E-state index in [0.29, 0.717) is 6.61 Å². The number of ether oxygens (including phenoxy) is 2. The van der Waals surface area contributed by atoms with E-state index in [1.54, 1.807) is 7.11 Å². The van der Waals surface area contributed by atoms with Gasteiger partial charge in [-0.2, -0.15) is 5.10 Å². The molecule has 8 heteroatoms. The highest BCUT2D eigenvalue weighted by atomic mass is 16.5. The molecule has 8 nitrogen and oxygen atoms in total. The van der Waals surface area contributed by atoms with Crippen LogP contribution in [0.1, 0.15) is 18.1 Å². The standard InChI is InChI=1S/C17H32N6O2/c1-18-17(19-6-5-7-21(2)8-10-24-4)23-9-11-25-16(14-23)15-12-20-22(3)13-15/h12-13,16H,5-11,14H2,1-4H3,(H,18,19). The van der Waals surface area contributed by atoms with Crippen LogP contribution in [0.3, 0.4) is 0 Å². The van der Waals surface area contributed by atoms with E-state index >= 15 is 0 Å². The van der Waals surface area contributed by atoms with Crippen LogP contribution in [-0.2, 0) is 16.5 Å². The van der Waals surface area contributed by atoms with E-state index in [1.165, 1.54) is 0 Å². The Bertz CT molecular complexity index is 533. The number of aromatic nitrogens is 2. The highest BCUT2D eigenvalue weighted by Gasteiger charge is 2.24. The van der Waals surface area contributed by atoms with Crippen LogP contribution in [0.5, 0.6) is 0 Å².